The molecule has 0 bridgehead atoms. The lowest BCUT2D eigenvalue weighted by atomic mass is 9.87. The number of carbonyl (C=O) groups is 3. The first-order chi connectivity index (χ1) is 13.1. The lowest BCUT2D eigenvalue weighted by Crippen LogP contribution is -2.45. The summed E-state index contributed by atoms with van der Waals surface area (Å²) in [7, 11) is 0. The Morgan fingerprint density at radius 2 is 1.89 bits per heavy atom. The molecule has 1 atom stereocenters. The molecular formula is C20H22N4O3. The molecule has 7 nitrogen and oxygen atoms in total. The SMILES string of the molecule is CC[C@@]1(c2ccccc2)NC(=O)N(CC(=O)NCCc2ccccn2)C1=O. The Hall–Kier alpha value is -3.22. The van der Waals surface area contributed by atoms with Crippen LogP contribution in [0.25, 0.3) is 0 Å². The van der Waals surface area contributed by atoms with Gasteiger partial charge >= 0.3 is 6.03 Å². The first-order valence-corrected chi connectivity index (χ1v) is 8.93. The van der Waals surface area contributed by atoms with Gasteiger partial charge in [0, 0.05) is 24.9 Å². The van der Waals surface area contributed by atoms with Gasteiger partial charge in [0.2, 0.25) is 5.91 Å². The molecule has 0 saturated carbocycles. The number of pyridine rings is 1. The second-order valence-corrected chi connectivity index (χ2v) is 6.37. The van der Waals surface area contributed by atoms with Crippen molar-refractivity contribution in [2.24, 2.45) is 0 Å². The zero-order valence-electron chi connectivity index (χ0n) is 15.1. The Morgan fingerprint density at radius 1 is 1.15 bits per heavy atom. The van der Waals surface area contributed by atoms with Gasteiger partial charge in [0.15, 0.2) is 0 Å². The van der Waals surface area contributed by atoms with Crippen molar-refractivity contribution in [2.75, 3.05) is 13.1 Å². The second-order valence-electron chi connectivity index (χ2n) is 6.37. The number of nitrogens with zero attached hydrogens (tertiary/aromatic N) is 2. The summed E-state index contributed by atoms with van der Waals surface area (Å²) in [5.41, 5.74) is 0.456. The van der Waals surface area contributed by atoms with Crippen LogP contribution in [0, 0.1) is 0 Å². The minimum Gasteiger partial charge on any atom is -0.354 e. The quantitative estimate of drug-likeness (QED) is 0.728. The van der Waals surface area contributed by atoms with Crippen LogP contribution < -0.4 is 10.6 Å². The summed E-state index contributed by atoms with van der Waals surface area (Å²) in [5, 5.41) is 5.50. The summed E-state index contributed by atoms with van der Waals surface area (Å²) >= 11 is 0. The van der Waals surface area contributed by atoms with E-state index < -0.39 is 17.5 Å². The first kappa shape index (κ1) is 18.6. The number of carbonyl (C=O) groups excluding carboxylic acids is 3. The fourth-order valence-corrected chi connectivity index (χ4v) is 3.21. The van der Waals surface area contributed by atoms with Gasteiger partial charge in [-0.15, -0.1) is 0 Å². The Bertz CT molecular complexity index is 826. The molecule has 0 spiro atoms. The number of aromatic nitrogens is 1. The van der Waals surface area contributed by atoms with Crippen molar-refractivity contribution in [2.45, 2.75) is 25.3 Å². The molecule has 1 saturated heterocycles. The van der Waals surface area contributed by atoms with E-state index in [0.29, 0.717) is 24.9 Å². The highest BCUT2D eigenvalue weighted by Crippen LogP contribution is 2.32. The molecule has 1 fully saturated rings. The van der Waals surface area contributed by atoms with Gasteiger partial charge in [-0.25, -0.2) is 4.79 Å². The number of amides is 4. The third-order valence-corrected chi connectivity index (χ3v) is 4.70. The van der Waals surface area contributed by atoms with Gasteiger partial charge < -0.3 is 10.6 Å². The van der Waals surface area contributed by atoms with Gasteiger partial charge in [-0.1, -0.05) is 43.3 Å². The highest BCUT2D eigenvalue weighted by atomic mass is 16.2. The molecule has 2 heterocycles. The normalized spacial score (nSPS) is 19.1. The van der Waals surface area contributed by atoms with E-state index in [1.807, 2.05) is 43.3 Å². The van der Waals surface area contributed by atoms with Crippen LogP contribution in [0.4, 0.5) is 4.79 Å². The minimum atomic E-state index is -1.12. The number of hydrogen-bond donors (Lipinski definition) is 2. The zero-order valence-corrected chi connectivity index (χ0v) is 15.1. The highest BCUT2D eigenvalue weighted by Gasteiger charge is 2.51. The summed E-state index contributed by atoms with van der Waals surface area (Å²) < 4.78 is 0. The first-order valence-electron chi connectivity index (χ1n) is 8.93. The Kier molecular flexibility index (Phi) is 5.49. The van der Waals surface area contributed by atoms with Gasteiger partial charge in [-0.2, -0.15) is 0 Å². The van der Waals surface area contributed by atoms with Crippen molar-refractivity contribution in [1.29, 1.82) is 0 Å². The third kappa shape index (κ3) is 3.81. The van der Waals surface area contributed by atoms with Gasteiger partial charge in [0.1, 0.15) is 12.1 Å². The molecule has 1 aliphatic rings. The maximum atomic E-state index is 13.0. The summed E-state index contributed by atoms with van der Waals surface area (Å²) in [5.74, 6) is -0.782. The number of imide groups is 1. The Morgan fingerprint density at radius 3 is 2.56 bits per heavy atom. The standard InChI is InChI=1S/C20H22N4O3/c1-2-20(15-8-4-3-5-9-15)18(26)24(19(27)23-20)14-17(25)22-13-11-16-10-6-7-12-21-16/h3-10,12H,2,11,13-14H2,1H3,(H,22,25)(H,23,27)/t20-/m0/s1. The molecule has 7 heteroatoms. The summed E-state index contributed by atoms with van der Waals surface area (Å²) in [6.45, 7) is 1.92. The van der Waals surface area contributed by atoms with Gasteiger partial charge in [0.05, 0.1) is 0 Å². The molecule has 2 aromatic rings. The van der Waals surface area contributed by atoms with Gasteiger partial charge in [-0.3, -0.25) is 19.5 Å². The summed E-state index contributed by atoms with van der Waals surface area (Å²) in [6, 6.07) is 14.1. The van der Waals surface area contributed by atoms with Gasteiger partial charge in [-0.05, 0) is 24.1 Å². The van der Waals surface area contributed by atoms with E-state index in [2.05, 4.69) is 15.6 Å². The van der Waals surface area contributed by atoms with E-state index in [0.717, 1.165) is 10.6 Å². The van der Waals surface area contributed by atoms with Crippen LogP contribution in [0.5, 0.6) is 0 Å². The van der Waals surface area contributed by atoms with Crippen LogP contribution in [-0.2, 0) is 21.5 Å². The molecule has 1 aromatic carbocycles. The molecule has 1 aliphatic heterocycles. The molecule has 1 aromatic heterocycles. The predicted molar refractivity (Wildman–Crippen MR) is 99.6 cm³/mol. The topological polar surface area (TPSA) is 91.4 Å². The molecule has 27 heavy (non-hydrogen) atoms. The smallest absolute Gasteiger partial charge is 0.325 e. The second kappa shape index (κ2) is 7.99. The van der Waals surface area contributed by atoms with E-state index >= 15 is 0 Å². The number of hydrogen-bond acceptors (Lipinski definition) is 4. The number of nitrogens with one attached hydrogen (secondary N) is 2. The van der Waals surface area contributed by atoms with Crippen LogP contribution >= 0.6 is 0 Å². The maximum Gasteiger partial charge on any atom is 0.325 e. The van der Waals surface area contributed by atoms with Crippen molar-refractivity contribution in [1.82, 2.24) is 20.5 Å². The average Bonchev–Trinajstić information content (AvgIpc) is 2.94. The van der Waals surface area contributed by atoms with Crippen molar-refractivity contribution in [3.8, 4) is 0 Å². The fraction of sp³-hybridized carbons (Fsp3) is 0.300. The Balaban J connectivity index is 1.62. The molecule has 2 N–H and O–H groups in total. The lowest BCUT2D eigenvalue weighted by molar-refractivity contribution is -0.135. The predicted octanol–water partition coefficient (Wildman–Crippen LogP) is 1.60. The number of urea groups is 1. The largest absolute Gasteiger partial charge is 0.354 e. The number of rotatable bonds is 7. The number of benzene rings is 1. The molecule has 0 radical (unpaired) electrons. The molecule has 4 amide bonds. The van der Waals surface area contributed by atoms with Crippen molar-refractivity contribution in [3.05, 3.63) is 66.0 Å². The van der Waals surface area contributed by atoms with E-state index in [4.69, 9.17) is 0 Å². The van der Waals surface area contributed by atoms with Crippen molar-refractivity contribution in [3.63, 3.8) is 0 Å². The van der Waals surface area contributed by atoms with Crippen LogP contribution in [0.1, 0.15) is 24.6 Å². The molecule has 140 valence electrons. The van der Waals surface area contributed by atoms with Crippen LogP contribution in [-0.4, -0.2) is 40.8 Å². The average molecular weight is 366 g/mol. The molecule has 3 rings (SSSR count). The monoisotopic (exact) mass is 366 g/mol. The molecule has 0 aliphatic carbocycles. The lowest BCUT2D eigenvalue weighted by Gasteiger charge is -2.25. The zero-order chi connectivity index (χ0) is 19.3. The van der Waals surface area contributed by atoms with E-state index in [1.54, 1.807) is 18.3 Å². The van der Waals surface area contributed by atoms with Crippen LogP contribution in [0.2, 0.25) is 0 Å². The van der Waals surface area contributed by atoms with E-state index in [-0.39, 0.29) is 12.5 Å². The van der Waals surface area contributed by atoms with Crippen molar-refractivity contribution < 1.29 is 14.4 Å². The summed E-state index contributed by atoms with van der Waals surface area (Å²) in [4.78, 5) is 42.7. The summed E-state index contributed by atoms with van der Waals surface area (Å²) in [6.07, 6.45) is 2.67. The van der Waals surface area contributed by atoms with E-state index in [1.165, 1.54) is 0 Å². The Labute approximate surface area is 157 Å². The molecule has 0 unspecified atom stereocenters. The third-order valence-electron chi connectivity index (χ3n) is 4.70. The molecular weight excluding hydrogens is 344 g/mol. The fourth-order valence-electron chi connectivity index (χ4n) is 3.21. The van der Waals surface area contributed by atoms with Crippen LogP contribution in [0.3, 0.4) is 0 Å². The minimum absolute atomic E-state index is 0.304. The maximum absolute atomic E-state index is 13.0. The highest BCUT2D eigenvalue weighted by molar-refractivity contribution is 6.09. The van der Waals surface area contributed by atoms with E-state index in [9.17, 15) is 14.4 Å². The van der Waals surface area contributed by atoms with Crippen LogP contribution in [0.15, 0.2) is 54.7 Å². The van der Waals surface area contributed by atoms with Gasteiger partial charge in [0.25, 0.3) is 5.91 Å². The van der Waals surface area contributed by atoms with Crippen molar-refractivity contribution >= 4 is 17.8 Å².